The van der Waals surface area contributed by atoms with E-state index in [1.54, 1.807) is 0 Å². The first-order chi connectivity index (χ1) is 7.16. The van der Waals surface area contributed by atoms with Gasteiger partial charge in [0, 0.05) is 16.5 Å². The molecule has 88 valence electrons. The zero-order valence-electron chi connectivity index (χ0n) is 10.3. The Balaban J connectivity index is 1.96. The van der Waals surface area contributed by atoms with E-state index in [1.807, 2.05) is 0 Å². The molecule has 2 aliphatic rings. The monoisotopic (exact) mass is 227 g/mol. The van der Waals surface area contributed by atoms with Crippen LogP contribution < -0.4 is 5.32 Å². The Morgan fingerprint density at radius 1 is 1.20 bits per heavy atom. The Labute approximate surface area is 98.8 Å². The summed E-state index contributed by atoms with van der Waals surface area (Å²) in [6.07, 6.45) is 5.66. The second-order valence-corrected chi connectivity index (χ2v) is 7.33. The van der Waals surface area contributed by atoms with E-state index in [2.05, 4.69) is 37.8 Å². The molecule has 2 rings (SSSR count). The lowest BCUT2D eigenvalue weighted by atomic mass is 9.79. The van der Waals surface area contributed by atoms with Crippen LogP contribution in [-0.4, -0.2) is 23.1 Å². The number of rotatable bonds is 1. The summed E-state index contributed by atoms with van der Waals surface area (Å²) < 4.78 is 0. The van der Waals surface area contributed by atoms with E-state index in [9.17, 15) is 0 Å². The van der Waals surface area contributed by atoms with Crippen LogP contribution in [-0.2, 0) is 0 Å². The molecule has 0 aromatic carbocycles. The molecule has 1 heterocycles. The maximum absolute atomic E-state index is 3.75. The van der Waals surface area contributed by atoms with Crippen molar-refractivity contribution in [3.05, 3.63) is 0 Å². The first-order valence-electron chi connectivity index (χ1n) is 6.55. The number of hydrogen-bond donors (Lipinski definition) is 1. The molecule has 0 amide bonds. The summed E-state index contributed by atoms with van der Waals surface area (Å²) >= 11 is 2.25. The molecule has 1 aliphatic carbocycles. The Kier molecular flexibility index (Phi) is 4.00. The molecule has 0 radical (unpaired) electrons. The zero-order valence-corrected chi connectivity index (χ0v) is 11.1. The van der Waals surface area contributed by atoms with Crippen molar-refractivity contribution in [1.82, 2.24) is 5.32 Å². The quantitative estimate of drug-likeness (QED) is 0.738. The molecule has 1 nitrogen and oxygen atoms in total. The van der Waals surface area contributed by atoms with Crippen molar-refractivity contribution in [2.24, 2.45) is 11.8 Å². The van der Waals surface area contributed by atoms with Gasteiger partial charge in [-0.3, -0.25) is 0 Å². The number of fused-ring (bicyclic) bond motifs is 1. The lowest BCUT2D eigenvalue weighted by Crippen LogP contribution is -2.42. The van der Waals surface area contributed by atoms with Crippen molar-refractivity contribution in [1.29, 1.82) is 0 Å². The average molecular weight is 227 g/mol. The number of hydrogen-bond acceptors (Lipinski definition) is 2. The molecule has 1 saturated heterocycles. The van der Waals surface area contributed by atoms with Gasteiger partial charge in [-0.1, -0.05) is 20.8 Å². The van der Waals surface area contributed by atoms with Crippen molar-refractivity contribution < 1.29 is 0 Å². The first kappa shape index (κ1) is 11.8. The molecule has 4 atom stereocenters. The van der Waals surface area contributed by atoms with E-state index < -0.39 is 0 Å². The van der Waals surface area contributed by atoms with Crippen molar-refractivity contribution >= 4 is 11.8 Å². The van der Waals surface area contributed by atoms with Crippen LogP contribution in [0.1, 0.15) is 46.5 Å². The highest BCUT2D eigenvalue weighted by atomic mass is 32.2. The van der Waals surface area contributed by atoms with E-state index in [0.717, 1.165) is 28.4 Å². The fourth-order valence-corrected chi connectivity index (χ4v) is 4.62. The van der Waals surface area contributed by atoms with Crippen molar-refractivity contribution in [2.75, 3.05) is 6.54 Å². The Morgan fingerprint density at radius 2 is 2.00 bits per heavy atom. The average Bonchev–Trinajstić information content (AvgIpc) is 2.37. The molecule has 4 unspecified atom stereocenters. The van der Waals surface area contributed by atoms with Crippen molar-refractivity contribution in [2.45, 2.75) is 63.0 Å². The van der Waals surface area contributed by atoms with Crippen LogP contribution in [0.15, 0.2) is 0 Å². The van der Waals surface area contributed by atoms with Gasteiger partial charge in [-0.25, -0.2) is 0 Å². The smallest absolute Gasteiger partial charge is 0.0206 e. The van der Waals surface area contributed by atoms with Crippen LogP contribution in [0.3, 0.4) is 0 Å². The molecule has 1 saturated carbocycles. The fraction of sp³-hybridized carbons (Fsp3) is 1.00. The van der Waals surface area contributed by atoms with Gasteiger partial charge in [-0.05, 0) is 44.1 Å². The molecule has 0 spiro atoms. The van der Waals surface area contributed by atoms with Gasteiger partial charge < -0.3 is 5.32 Å². The highest BCUT2D eigenvalue weighted by Gasteiger charge is 2.34. The van der Waals surface area contributed by atoms with Crippen LogP contribution in [0.2, 0.25) is 0 Å². The normalized spacial score (nSPS) is 42.4. The summed E-state index contributed by atoms with van der Waals surface area (Å²) in [6.45, 7) is 8.42. The van der Waals surface area contributed by atoms with Crippen LogP contribution in [0, 0.1) is 11.8 Å². The second-order valence-electron chi connectivity index (χ2n) is 5.65. The topological polar surface area (TPSA) is 12.0 Å². The van der Waals surface area contributed by atoms with Gasteiger partial charge in [0.2, 0.25) is 0 Å². The van der Waals surface area contributed by atoms with Crippen molar-refractivity contribution in [3.63, 3.8) is 0 Å². The molecule has 0 bridgehead atoms. The molecule has 0 aromatic rings. The largest absolute Gasteiger partial charge is 0.313 e. The van der Waals surface area contributed by atoms with Gasteiger partial charge in [-0.2, -0.15) is 11.8 Å². The van der Waals surface area contributed by atoms with Crippen LogP contribution in [0.5, 0.6) is 0 Å². The highest BCUT2D eigenvalue weighted by Crippen LogP contribution is 2.39. The summed E-state index contributed by atoms with van der Waals surface area (Å²) in [5.74, 6) is 1.86. The van der Waals surface area contributed by atoms with Gasteiger partial charge in [0.05, 0.1) is 0 Å². The van der Waals surface area contributed by atoms with Crippen LogP contribution in [0.25, 0.3) is 0 Å². The molecule has 15 heavy (non-hydrogen) atoms. The third-order valence-corrected chi connectivity index (χ3v) is 5.71. The minimum atomic E-state index is 0.815. The Hall–Kier alpha value is 0.310. The third kappa shape index (κ3) is 2.91. The predicted octanol–water partition coefficient (Wildman–Crippen LogP) is 3.29. The summed E-state index contributed by atoms with van der Waals surface area (Å²) in [5, 5.41) is 5.50. The summed E-state index contributed by atoms with van der Waals surface area (Å²) in [4.78, 5) is 0. The van der Waals surface area contributed by atoms with Gasteiger partial charge in [-0.15, -0.1) is 0 Å². The van der Waals surface area contributed by atoms with Crippen molar-refractivity contribution in [3.8, 4) is 0 Å². The molecular weight excluding hydrogens is 202 g/mol. The summed E-state index contributed by atoms with van der Waals surface area (Å²) in [6, 6.07) is 0.815. The molecule has 0 aromatic heterocycles. The number of thioether (sulfide) groups is 1. The molecule has 1 N–H and O–H groups in total. The molecule has 1 aliphatic heterocycles. The predicted molar refractivity (Wildman–Crippen MR) is 69.4 cm³/mol. The van der Waals surface area contributed by atoms with E-state index in [-0.39, 0.29) is 0 Å². The molecule has 2 fully saturated rings. The van der Waals surface area contributed by atoms with Gasteiger partial charge >= 0.3 is 0 Å². The summed E-state index contributed by atoms with van der Waals surface area (Å²) in [5.41, 5.74) is 0. The van der Waals surface area contributed by atoms with E-state index in [0.29, 0.717) is 0 Å². The Morgan fingerprint density at radius 3 is 2.73 bits per heavy atom. The zero-order chi connectivity index (χ0) is 10.8. The van der Waals surface area contributed by atoms with Gasteiger partial charge in [0.1, 0.15) is 0 Å². The third-order valence-electron chi connectivity index (χ3n) is 4.14. The van der Waals surface area contributed by atoms with E-state index in [1.165, 1.54) is 32.2 Å². The Bertz CT molecular complexity index is 205. The lowest BCUT2D eigenvalue weighted by molar-refractivity contribution is 0.248. The van der Waals surface area contributed by atoms with Gasteiger partial charge in [0.25, 0.3) is 0 Å². The minimum Gasteiger partial charge on any atom is -0.313 e. The first-order valence-corrected chi connectivity index (χ1v) is 7.50. The molecule has 2 heteroatoms. The SMILES string of the molecule is CC1CCNC2CCC(C(C)C)CC2S1. The molecular formula is C13H25NS. The van der Waals surface area contributed by atoms with Crippen LogP contribution in [0.4, 0.5) is 0 Å². The highest BCUT2D eigenvalue weighted by molar-refractivity contribution is 8.00. The maximum Gasteiger partial charge on any atom is 0.0206 e. The number of nitrogens with one attached hydrogen (secondary N) is 1. The van der Waals surface area contributed by atoms with Crippen LogP contribution >= 0.6 is 11.8 Å². The maximum atomic E-state index is 3.75. The summed E-state index contributed by atoms with van der Waals surface area (Å²) in [7, 11) is 0. The minimum absolute atomic E-state index is 0.815. The van der Waals surface area contributed by atoms with E-state index in [4.69, 9.17) is 0 Å². The second kappa shape index (κ2) is 5.09. The van der Waals surface area contributed by atoms with Gasteiger partial charge in [0.15, 0.2) is 0 Å². The fourth-order valence-electron chi connectivity index (χ4n) is 2.99. The van der Waals surface area contributed by atoms with E-state index >= 15 is 0 Å². The lowest BCUT2D eigenvalue weighted by Gasteiger charge is -2.37. The standard InChI is InChI=1S/C13H25NS/c1-9(2)11-4-5-12-13(8-11)15-10(3)6-7-14-12/h9-14H,4-8H2,1-3H3.